The Morgan fingerprint density at radius 3 is 1.92 bits per heavy atom. The molecule has 4 unspecified atom stereocenters. The molecule has 0 aromatic heterocycles. The molecule has 1 heterocycles. The Morgan fingerprint density at radius 1 is 0.940 bits per heavy atom. The molecule has 2 rings (SSSR count). The van der Waals surface area contributed by atoms with E-state index in [9.17, 15) is 34.5 Å². The standard InChI is InChI=1S/C25H37N3O10.6C2H6/c1-6-21(32)26-17-9-16(7-8-19(17)37-23-10-18(31)24(34)20(12-29)38-23)13-36-25(35)27(4)11-22(33)28(5)14(2)15(3)30;6*1-2/h7-9,14,18,20,23-24,29,31,34H,6,10-13H2,1-5H3,(H,26,32);6*1-2H3/t14-,18?,20?,23?,24?;;;;;;/m0....../s1. The molecule has 3 amide bonds. The molecule has 1 aromatic carbocycles. The van der Waals surface area contributed by atoms with E-state index in [1.165, 1.54) is 32.0 Å². The molecule has 1 aliphatic heterocycles. The predicted octanol–water partition coefficient (Wildman–Crippen LogP) is 6.40. The molecule has 0 radical (unpaired) electrons. The Kier molecular flexibility index (Phi) is 39.9. The average molecular weight is 720 g/mol. The van der Waals surface area contributed by atoms with Gasteiger partial charge in [0, 0.05) is 26.9 Å². The number of aliphatic hydroxyl groups excluding tert-OH is 3. The van der Waals surface area contributed by atoms with Gasteiger partial charge in [0.15, 0.2) is 5.78 Å². The minimum atomic E-state index is -1.26. The Balaban J connectivity index is -0.000000506. The van der Waals surface area contributed by atoms with Crippen molar-refractivity contribution in [2.75, 3.05) is 32.6 Å². The molecule has 0 spiro atoms. The van der Waals surface area contributed by atoms with Crippen LogP contribution in [-0.2, 0) is 30.5 Å². The normalized spacial score (nSPS) is 17.2. The van der Waals surface area contributed by atoms with Crippen LogP contribution in [0, 0.1) is 0 Å². The van der Waals surface area contributed by atoms with Gasteiger partial charge >= 0.3 is 6.09 Å². The maximum atomic E-state index is 12.4. The van der Waals surface area contributed by atoms with E-state index in [0.717, 1.165) is 4.90 Å². The Labute approximate surface area is 303 Å². The van der Waals surface area contributed by atoms with Gasteiger partial charge in [-0.1, -0.05) is 96.1 Å². The van der Waals surface area contributed by atoms with Crippen LogP contribution in [0.2, 0.25) is 0 Å². The number of ketones is 1. The fourth-order valence-corrected chi connectivity index (χ4v) is 3.51. The molecule has 4 N–H and O–H groups in total. The third-order valence-electron chi connectivity index (χ3n) is 6.22. The number of nitrogens with one attached hydrogen (secondary N) is 1. The van der Waals surface area contributed by atoms with Crippen LogP contribution < -0.4 is 10.1 Å². The molecule has 5 atom stereocenters. The Hall–Kier alpha value is -3.26. The lowest BCUT2D eigenvalue weighted by molar-refractivity contribution is -0.229. The highest BCUT2D eigenvalue weighted by Gasteiger charge is 2.37. The van der Waals surface area contributed by atoms with Crippen molar-refractivity contribution < 1.29 is 48.7 Å². The number of rotatable bonds is 11. The highest BCUT2D eigenvalue weighted by molar-refractivity contribution is 5.92. The van der Waals surface area contributed by atoms with Gasteiger partial charge in [0.1, 0.15) is 31.1 Å². The van der Waals surface area contributed by atoms with Crippen molar-refractivity contribution in [3.05, 3.63) is 23.8 Å². The molecular formula is C37H73N3O10. The summed E-state index contributed by atoms with van der Waals surface area (Å²) >= 11 is 0. The molecule has 13 heteroatoms. The van der Waals surface area contributed by atoms with E-state index < -0.39 is 49.3 Å². The summed E-state index contributed by atoms with van der Waals surface area (Å²) in [6.45, 7) is 27.7. The Morgan fingerprint density at radius 2 is 1.46 bits per heavy atom. The molecule has 0 saturated carbocycles. The summed E-state index contributed by atoms with van der Waals surface area (Å²) in [5.74, 6) is -0.706. The molecule has 0 bridgehead atoms. The van der Waals surface area contributed by atoms with Crippen LogP contribution in [0.25, 0.3) is 0 Å². The van der Waals surface area contributed by atoms with Crippen molar-refractivity contribution in [1.82, 2.24) is 9.80 Å². The summed E-state index contributed by atoms with van der Waals surface area (Å²) in [6, 6.07) is 4.04. The van der Waals surface area contributed by atoms with Crippen molar-refractivity contribution in [3.8, 4) is 5.75 Å². The number of hydrogen-bond acceptors (Lipinski definition) is 10. The first-order valence-electron chi connectivity index (χ1n) is 18.2. The number of aliphatic hydroxyl groups is 3. The van der Waals surface area contributed by atoms with Crippen LogP contribution in [-0.4, -0.2) is 107 Å². The lowest BCUT2D eigenvalue weighted by atomic mass is 10.0. The van der Waals surface area contributed by atoms with Gasteiger partial charge in [-0.25, -0.2) is 4.79 Å². The van der Waals surface area contributed by atoms with Gasteiger partial charge in [-0.05, 0) is 31.5 Å². The number of carbonyl (C=O) groups is 4. The first-order chi connectivity index (χ1) is 23.9. The van der Waals surface area contributed by atoms with Crippen molar-refractivity contribution in [3.63, 3.8) is 0 Å². The molecule has 296 valence electrons. The van der Waals surface area contributed by atoms with Crippen molar-refractivity contribution in [2.45, 2.75) is 154 Å². The van der Waals surface area contributed by atoms with Crippen molar-refractivity contribution >= 4 is 29.4 Å². The third-order valence-corrected chi connectivity index (χ3v) is 6.22. The van der Waals surface area contributed by atoms with E-state index in [4.69, 9.17) is 14.2 Å². The maximum Gasteiger partial charge on any atom is 0.410 e. The zero-order valence-electron chi connectivity index (χ0n) is 34.2. The largest absolute Gasteiger partial charge is 0.463 e. The summed E-state index contributed by atoms with van der Waals surface area (Å²) in [4.78, 5) is 50.7. The van der Waals surface area contributed by atoms with E-state index in [2.05, 4.69) is 5.32 Å². The molecule has 1 aliphatic rings. The second kappa shape index (κ2) is 35.6. The number of likely N-dealkylation sites (N-methyl/N-ethyl adjacent to an activating group) is 2. The van der Waals surface area contributed by atoms with Gasteiger partial charge in [-0.3, -0.25) is 14.4 Å². The Bertz CT molecular complexity index is 1010. The predicted molar refractivity (Wildman–Crippen MR) is 202 cm³/mol. The van der Waals surface area contributed by atoms with Crippen LogP contribution in [0.3, 0.4) is 0 Å². The zero-order chi connectivity index (χ0) is 40.6. The molecule has 1 aromatic rings. The van der Waals surface area contributed by atoms with Crippen LogP contribution in [0.1, 0.15) is 122 Å². The maximum absolute atomic E-state index is 12.4. The first-order valence-corrected chi connectivity index (χ1v) is 18.2. The number of benzene rings is 1. The second-order valence-electron chi connectivity index (χ2n) is 9.13. The number of ether oxygens (including phenoxy) is 3. The smallest absolute Gasteiger partial charge is 0.410 e. The molecule has 1 saturated heterocycles. The molecule has 1 fully saturated rings. The topological polar surface area (TPSA) is 175 Å². The van der Waals surface area contributed by atoms with Gasteiger partial charge in [0.2, 0.25) is 18.1 Å². The molecule has 50 heavy (non-hydrogen) atoms. The first kappa shape index (κ1) is 56.1. The van der Waals surface area contributed by atoms with Crippen LogP contribution in [0.15, 0.2) is 18.2 Å². The quantitative estimate of drug-likeness (QED) is 0.200. The van der Waals surface area contributed by atoms with Gasteiger partial charge in [0.05, 0.1) is 24.4 Å². The lowest BCUT2D eigenvalue weighted by Gasteiger charge is -2.36. The number of nitrogens with zero attached hydrogens (tertiary/aromatic N) is 2. The number of hydrogen-bond donors (Lipinski definition) is 4. The monoisotopic (exact) mass is 720 g/mol. The van der Waals surface area contributed by atoms with Crippen molar-refractivity contribution in [2.24, 2.45) is 0 Å². The van der Waals surface area contributed by atoms with Crippen molar-refractivity contribution in [1.29, 1.82) is 0 Å². The van der Waals surface area contributed by atoms with Crippen LogP contribution in [0.5, 0.6) is 5.75 Å². The number of Topliss-reactive ketones (excluding diaryl/α,β-unsaturated/α-hetero) is 1. The van der Waals surface area contributed by atoms with E-state index in [1.807, 2.05) is 83.1 Å². The van der Waals surface area contributed by atoms with Gasteiger partial charge < -0.3 is 44.6 Å². The van der Waals surface area contributed by atoms with Gasteiger partial charge in [-0.2, -0.15) is 0 Å². The molecular weight excluding hydrogens is 646 g/mol. The van der Waals surface area contributed by atoms with E-state index in [1.54, 1.807) is 26.0 Å². The molecule has 13 nitrogen and oxygen atoms in total. The fraction of sp³-hybridized carbons (Fsp3) is 0.730. The number of amides is 3. The molecule has 0 aliphatic carbocycles. The summed E-state index contributed by atoms with van der Waals surface area (Å²) < 4.78 is 16.6. The van der Waals surface area contributed by atoms with E-state index in [-0.39, 0.29) is 49.1 Å². The van der Waals surface area contributed by atoms with Gasteiger partial charge in [-0.15, -0.1) is 0 Å². The fourth-order valence-electron chi connectivity index (χ4n) is 3.51. The second-order valence-corrected chi connectivity index (χ2v) is 9.13. The number of anilines is 1. The van der Waals surface area contributed by atoms with E-state index in [0.29, 0.717) is 5.56 Å². The van der Waals surface area contributed by atoms with Crippen LogP contribution >= 0.6 is 0 Å². The van der Waals surface area contributed by atoms with Gasteiger partial charge in [0.25, 0.3) is 0 Å². The summed E-state index contributed by atoms with van der Waals surface area (Å²) in [6.07, 6.45) is -5.11. The average Bonchev–Trinajstić information content (AvgIpc) is 3.16. The number of carbonyl (C=O) groups excluding carboxylic acids is 4. The third kappa shape index (κ3) is 21.7. The highest BCUT2D eigenvalue weighted by Crippen LogP contribution is 2.31. The minimum absolute atomic E-state index is 0.0658. The van der Waals surface area contributed by atoms with Crippen LogP contribution in [0.4, 0.5) is 10.5 Å². The lowest BCUT2D eigenvalue weighted by Crippen LogP contribution is -2.51. The highest BCUT2D eigenvalue weighted by atomic mass is 16.7. The van der Waals surface area contributed by atoms with E-state index >= 15 is 0 Å². The zero-order valence-corrected chi connectivity index (χ0v) is 34.2. The minimum Gasteiger partial charge on any atom is -0.463 e. The summed E-state index contributed by atoms with van der Waals surface area (Å²) in [5, 5.41) is 32.0. The summed E-state index contributed by atoms with van der Waals surface area (Å²) in [5.41, 5.74) is 0.769. The SMILES string of the molecule is CC.CC.CC.CC.CC.CC.CCC(=O)Nc1cc(COC(=O)N(C)CC(=O)N(C)[C@@H](C)C(C)=O)ccc1OC1CC(O)C(O)C(CO)O1. The summed E-state index contributed by atoms with van der Waals surface area (Å²) in [7, 11) is 2.88.